The van der Waals surface area contributed by atoms with Gasteiger partial charge in [0.1, 0.15) is 0 Å². The van der Waals surface area contributed by atoms with E-state index < -0.39 is 0 Å². The molecule has 0 amide bonds. The van der Waals surface area contributed by atoms with Crippen molar-refractivity contribution in [3.63, 3.8) is 0 Å². The van der Waals surface area contributed by atoms with Crippen LogP contribution in [0.2, 0.25) is 0 Å². The van der Waals surface area contributed by atoms with E-state index in [1.165, 1.54) is 11.4 Å². The molecule has 19 heavy (non-hydrogen) atoms. The molecule has 3 heterocycles. The number of aryl methyl sites for hydroxylation is 1. The summed E-state index contributed by atoms with van der Waals surface area (Å²) in [7, 11) is 2.05. The van der Waals surface area contributed by atoms with Gasteiger partial charge in [0.25, 0.3) is 0 Å². The molecule has 0 unspecified atom stereocenters. The van der Waals surface area contributed by atoms with Gasteiger partial charge in [-0.05, 0) is 0 Å². The standard InChI is InChI=1S/C13H19N5O/c1-9(2)13-15-12(16-19-13)7-18-5-4-11-10(6-18)14-8-17(11)3/h8-9H,4-7H2,1-3H3. The van der Waals surface area contributed by atoms with Crippen LogP contribution in [-0.2, 0) is 26.6 Å². The van der Waals surface area contributed by atoms with E-state index in [1.54, 1.807) is 0 Å². The quantitative estimate of drug-likeness (QED) is 0.837. The first-order valence-electron chi connectivity index (χ1n) is 6.67. The van der Waals surface area contributed by atoms with Gasteiger partial charge in [-0.25, -0.2) is 4.98 Å². The molecule has 0 spiro atoms. The third-order valence-corrected chi connectivity index (χ3v) is 3.53. The Kier molecular flexibility index (Phi) is 3.10. The van der Waals surface area contributed by atoms with Crippen molar-refractivity contribution in [3.05, 3.63) is 29.4 Å². The molecule has 0 bridgehead atoms. The average molecular weight is 261 g/mol. The first-order chi connectivity index (χ1) is 9.13. The van der Waals surface area contributed by atoms with Crippen molar-refractivity contribution in [2.75, 3.05) is 6.54 Å². The van der Waals surface area contributed by atoms with Gasteiger partial charge < -0.3 is 9.09 Å². The van der Waals surface area contributed by atoms with E-state index in [0.717, 1.165) is 31.9 Å². The molecule has 6 nitrogen and oxygen atoms in total. The molecule has 102 valence electrons. The molecule has 0 atom stereocenters. The fourth-order valence-electron chi connectivity index (χ4n) is 2.41. The van der Waals surface area contributed by atoms with Crippen molar-refractivity contribution in [3.8, 4) is 0 Å². The van der Waals surface area contributed by atoms with E-state index in [4.69, 9.17) is 4.52 Å². The summed E-state index contributed by atoms with van der Waals surface area (Å²) in [6.45, 7) is 6.71. The van der Waals surface area contributed by atoms with Gasteiger partial charge in [0.2, 0.25) is 5.89 Å². The summed E-state index contributed by atoms with van der Waals surface area (Å²) in [4.78, 5) is 11.2. The molecule has 0 saturated heterocycles. The smallest absolute Gasteiger partial charge is 0.229 e. The Hall–Kier alpha value is -1.69. The van der Waals surface area contributed by atoms with Crippen molar-refractivity contribution >= 4 is 0 Å². The van der Waals surface area contributed by atoms with Crippen LogP contribution in [0, 0.1) is 0 Å². The summed E-state index contributed by atoms with van der Waals surface area (Å²) in [5.74, 6) is 1.76. The fraction of sp³-hybridized carbons (Fsp3) is 0.615. The second kappa shape index (κ2) is 4.77. The number of nitrogens with zero attached hydrogens (tertiary/aromatic N) is 5. The maximum atomic E-state index is 5.23. The molecule has 0 aliphatic carbocycles. The molecule has 0 fully saturated rings. The van der Waals surface area contributed by atoms with E-state index in [0.29, 0.717) is 5.89 Å². The minimum Gasteiger partial charge on any atom is -0.339 e. The van der Waals surface area contributed by atoms with E-state index in [1.807, 2.05) is 6.33 Å². The molecule has 3 rings (SSSR count). The molecule has 0 radical (unpaired) electrons. The van der Waals surface area contributed by atoms with Crippen LogP contribution in [0.5, 0.6) is 0 Å². The second-order valence-electron chi connectivity index (χ2n) is 5.41. The van der Waals surface area contributed by atoms with Gasteiger partial charge in [-0.2, -0.15) is 4.98 Å². The van der Waals surface area contributed by atoms with Crippen molar-refractivity contribution in [1.29, 1.82) is 0 Å². The third-order valence-electron chi connectivity index (χ3n) is 3.53. The second-order valence-corrected chi connectivity index (χ2v) is 5.41. The Balaban J connectivity index is 1.68. The first-order valence-corrected chi connectivity index (χ1v) is 6.67. The lowest BCUT2D eigenvalue weighted by Gasteiger charge is -2.25. The lowest BCUT2D eigenvalue weighted by atomic mass is 10.1. The Morgan fingerprint density at radius 2 is 2.26 bits per heavy atom. The molecule has 6 heteroatoms. The fourth-order valence-corrected chi connectivity index (χ4v) is 2.41. The number of hydrogen-bond donors (Lipinski definition) is 0. The lowest BCUT2D eigenvalue weighted by Crippen LogP contribution is -2.31. The zero-order chi connectivity index (χ0) is 13.4. The van der Waals surface area contributed by atoms with Crippen LogP contribution in [0.15, 0.2) is 10.9 Å². The van der Waals surface area contributed by atoms with Crippen LogP contribution in [-0.4, -0.2) is 31.1 Å². The molecular weight excluding hydrogens is 242 g/mol. The largest absolute Gasteiger partial charge is 0.339 e. The molecule has 2 aromatic heterocycles. The van der Waals surface area contributed by atoms with Gasteiger partial charge in [-0.3, -0.25) is 4.90 Å². The molecule has 0 N–H and O–H groups in total. The van der Waals surface area contributed by atoms with Crippen LogP contribution in [0.4, 0.5) is 0 Å². The Morgan fingerprint density at radius 1 is 1.42 bits per heavy atom. The SMILES string of the molecule is CC(C)c1nc(CN2CCc3c(ncn3C)C2)no1. The van der Waals surface area contributed by atoms with Crippen LogP contribution >= 0.6 is 0 Å². The molecule has 2 aromatic rings. The zero-order valence-corrected chi connectivity index (χ0v) is 11.6. The average Bonchev–Trinajstić information content (AvgIpc) is 2.97. The van der Waals surface area contributed by atoms with Gasteiger partial charge in [-0.15, -0.1) is 0 Å². The van der Waals surface area contributed by atoms with E-state index >= 15 is 0 Å². The number of aromatic nitrogens is 4. The number of imidazole rings is 1. The highest BCUT2D eigenvalue weighted by Gasteiger charge is 2.21. The predicted molar refractivity (Wildman–Crippen MR) is 69.4 cm³/mol. The predicted octanol–water partition coefficient (Wildman–Crippen LogP) is 1.48. The van der Waals surface area contributed by atoms with Crippen molar-refractivity contribution in [2.24, 2.45) is 7.05 Å². The van der Waals surface area contributed by atoms with Crippen LogP contribution < -0.4 is 0 Å². The maximum Gasteiger partial charge on any atom is 0.229 e. The summed E-state index contributed by atoms with van der Waals surface area (Å²) < 4.78 is 7.34. The molecule has 0 saturated carbocycles. The van der Waals surface area contributed by atoms with Crippen molar-refractivity contribution in [1.82, 2.24) is 24.6 Å². The molecule has 1 aliphatic heterocycles. The third kappa shape index (κ3) is 2.40. The van der Waals surface area contributed by atoms with E-state index in [-0.39, 0.29) is 5.92 Å². The van der Waals surface area contributed by atoms with Crippen LogP contribution in [0.3, 0.4) is 0 Å². The van der Waals surface area contributed by atoms with Gasteiger partial charge in [0, 0.05) is 38.2 Å². The van der Waals surface area contributed by atoms with Crippen molar-refractivity contribution < 1.29 is 4.52 Å². The Bertz CT molecular complexity index is 571. The number of hydrogen-bond acceptors (Lipinski definition) is 5. The topological polar surface area (TPSA) is 60.0 Å². The normalized spacial score (nSPS) is 16.0. The summed E-state index contributed by atoms with van der Waals surface area (Å²) >= 11 is 0. The summed E-state index contributed by atoms with van der Waals surface area (Å²) in [6.07, 6.45) is 2.92. The van der Waals surface area contributed by atoms with Gasteiger partial charge in [0.05, 0.1) is 18.6 Å². The minimum atomic E-state index is 0.282. The molecular formula is C13H19N5O. The summed E-state index contributed by atoms with van der Waals surface area (Å²) in [5, 5.41) is 4.04. The van der Waals surface area contributed by atoms with E-state index in [2.05, 4.69) is 45.5 Å². The van der Waals surface area contributed by atoms with Crippen molar-refractivity contribution in [2.45, 2.75) is 39.3 Å². The first kappa shape index (κ1) is 12.3. The van der Waals surface area contributed by atoms with Gasteiger partial charge >= 0.3 is 0 Å². The van der Waals surface area contributed by atoms with Gasteiger partial charge in [-0.1, -0.05) is 19.0 Å². The number of fused-ring (bicyclic) bond motifs is 1. The Labute approximate surface area is 112 Å². The Morgan fingerprint density at radius 3 is 3.00 bits per heavy atom. The minimum absolute atomic E-state index is 0.282. The lowest BCUT2D eigenvalue weighted by molar-refractivity contribution is 0.230. The molecule has 0 aromatic carbocycles. The summed E-state index contributed by atoms with van der Waals surface area (Å²) in [6, 6.07) is 0. The highest BCUT2D eigenvalue weighted by atomic mass is 16.5. The molecule has 1 aliphatic rings. The maximum absolute atomic E-state index is 5.23. The monoisotopic (exact) mass is 261 g/mol. The van der Waals surface area contributed by atoms with Crippen LogP contribution in [0.1, 0.15) is 42.9 Å². The highest BCUT2D eigenvalue weighted by molar-refractivity contribution is 5.16. The van der Waals surface area contributed by atoms with E-state index in [9.17, 15) is 0 Å². The van der Waals surface area contributed by atoms with Crippen LogP contribution in [0.25, 0.3) is 0 Å². The van der Waals surface area contributed by atoms with Gasteiger partial charge in [0.15, 0.2) is 5.82 Å². The number of rotatable bonds is 3. The highest BCUT2D eigenvalue weighted by Crippen LogP contribution is 2.19. The summed E-state index contributed by atoms with van der Waals surface area (Å²) in [5.41, 5.74) is 2.51. The zero-order valence-electron chi connectivity index (χ0n) is 11.6.